The number of sulfonamides is 1. The minimum absolute atomic E-state index is 0.0212. The number of benzene rings is 2. The Hall–Kier alpha value is -2.54. The molecule has 0 aromatic heterocycles. The number of carbonyl (C=O) groups excluding carboxylic acids is 1. The van der Waals surface area contributed by atoms with Crippen LogP contribution in [-0.2, 0) is 14.8 Å². The van der Waals surface area contributed by atoms with Crippen LogP contribution in [0.25, 0.3) is 0 Å². The number of ether oxygens (including phenoxy) is 1. The van der Waals surface area contributed by atoms with E-state index in [9.17, 15) is 18.3 Å². The zero-order valence-electron chi connectivity index (χ0n) is 11.1. The van der Waals surface area contributed by atoms with Gasteiger partial charge in [0.15, 0.2) is 0 Å². The molecule has 2 aromatic rings. The first-order valence-electron chi connectivity index (χ1n) is 5.93. The molecule has 0 amide bonds. The number of phenolic OH excluding ortho intramolecular Hbond substituents is 1. The number of rotatable bonds is 4. The van der Waals surface area contributed by atoms with Crippen LogP contribution in [0.1, 0.15) is 10.4 Å². The van der Waals surface area contributed by atoms with Crippen LogP contribution in [0.15, 0.2) is 53.4 Å². The summed E-state index contributed by atoms with van der Waals surface area (Å²) in [6, 6.07) is 11.3. The van der Waals surface area contributed by atoms with Crippen molar-refractivity contribution in [2.45, 2.75) is 4.90 Å². The van der Waals surface area contributed by atoms with Gasteiger partial charge in [-0.3, -0.25) is 4.72 Å². The Morgan fingerprint density at radius 3 is 2.33 bits per heavy atom. The average Bonchev–Trinajstić information content (AvgIpc) is 2.48. The Balaban J connectivity index is 2.40. The standard InChI is InChI=1S/C14H13NO5S/c1-20-14(17)12-4-2-3-5-13(12)21(18,19)15-10-6-8-11(16)9-7-10/h2-9,15-16H,1H3. The molecule has 6 nitrogen and oxygen atoms in total. The number of aromatic hydroxyl groups is 1. The van der Waals surface area contributed by atoms with Crippen LogP contribution in [-0.4, -0.2) is 26.6 Å². The molecule has 2 aromatic carbocycles. The number of nitrogens with one attached hydrogen (secondary N) is 1. The molecule has 110 valence electrons. The first-order valence-corrected chi connectivity index (χ1v) is 7.41. The van der Waals surface area contributed by atoms with E-state index in [-0.39, 0.29) is 21.9 Å². The van der Waals surface area contributed by atoms with Gasteiger partial charge in [-0.15, -0.1) is 0 Å². The van der Waals surface area contributed by atoms with Crippen molar-refractivity contribution in [3.05, 3.63) is 54.1 Å². The Labute approximate surface area is 122 Å². The van der Waals surface area contributed by atoms with Gasteiger partial charge >= 0.3 is 5.97 Å². The minimum Gasteiger partial charge on any atom is -0.508 e. The Morgan fingerprint density at radius 2 is 1.71 bits per heavy atom. The highest BCUT2D eigenvalue weighted by Gasteiger charge is 2.22. The molecule has 0 radical (unpaired) electrons. The van der Waals surface area contributed by atoms with Crippen molar-refractivity contribution in [1.82, 2.24) is 0 Å². The first-order chi connectivity index (χ1) is 9.94. The smallest absolute Gasteiger partial charge is 0.339 e. The lowest BCUT2D eigenvalue weighted by atomic mass is 10.2. The van der Waals surface area contributed by atoms with Crippen LogP contribution in [0, 0.1) is 0 Å². The lowest BCUT2D eigenvalue weighted by Gasteiger charge is -2.11. The summed E-state index contributed by atoms with van der Waals surface area (Å²) in [5, 5.41) is 9.18. The Bertz CT molecular complexity index is 753. The number of hydrogen-bond donors (Lipinski definition) is 2. The number of esters is 1. The third kappa shape index (κ3) is 3.32. The van der Waals surface area contributed by atoms with E-state index in [1.165, 1.54) is 49.6 Å². The second-order valence-electron chi connectivity index (χ2n) is 4.14. The summed E-state index contributed by atoms with van der Waals surface area (Å²) in [6.45, 7) is 0. The second kappa shape index (κ2) is 5.84. The van der Waals surface area contributed by atoms with Crippen LogP contribution >= 0.6 is 0 Å². The topological polar surface area (TPSA) is 92.7 Å². The maximum atomic E-state index is 12.3. The molecule has 2 rings (SSSR count). The lowest BCUT2D eigenvalue weighted by molar-refractivity contribution is 0.0596. The van der Waals surface area contributed by atoms with Gasteiger partial charge in [0.2, 0.25) is 0 Å². The monoisotopic (exact) mass is 307 g/mol. The van der Waals surface area contributed by atoms with Crippen molar-refractivity contribution < 1.29 is 23.1 Å². The zero-order chi connectivity index (χ0) is 15.5. The summed E-state index contributed by atoms with van der Waals surface area (Å²) in [4.78, 5) is 11.5. The van der Waals surface area contributed by atoms with E-state index >= 15 is 0 Å². The highest BCUT2D eigenvalue weighted by molar-refractivity contribution is 7.92. The van der Waals surface area contributed by atoms with Crippen LogP contribution in [0.4, 0.5) is 5.69 Å². The van der Waals surface area contributed by atoms with Crippen molar-refractivity contribution in [3.63, 3.8) is 0 Å². The summed E-state index contributed by atoms with van der Waals surface area (Å²) < 4.78 is 31.6. The minimum atomic E-state index is -3.94. The van der Waals surface area contributed by atoms with Crippen LogP contribution in [0.2, 0.25) is 0 Å². The van der Waals surface area contributed by atoms with E-state index in [2.05, 4.69) is 9.46 Å². The third-order valence-corrected chi connectivity index (χ3v) is 4.14. The summed E-state index contributed by atoms with van der Waals surface area (Å²) >= 11 is 0. The van der Waals surface area contributed by atoms with Crippen LogP contribution < -0.4 is 4.72 Å². The number of phenols is 1. The van der Waals surface area contributed by atoms with Gasteiger partial charge in [-0.05, 0) is 36.4 Å². The van der Waals surface area contributed by atoms with Gasteiger partial charge in [0.05, 0.1) is 12.7 Å². The Kier molecular flexibility index (Phi) is 4.13. The molecule has 0 saturated heterocycles. The Morgan fingerprint density at radius 1 is 1.10 bits per heavy atom. The molecule has 2 N–H and O–H groups in total. The molecule has 0 unspecified atom stereocenters. The van der Waals surface area contributed by atoms with Gasteiger partial charge in [-0.25, -0.2) is 13.2 Å². The van der Waals surface area contributed by atoms with E-state index in [0.717, 1.165) is 0 Å². The molecular weight excluding hydrogens is 294 g/mol. The first kappa shape index (κ1) is 14.9. The highest BCUT2D eigenvalue weighted by Crippen LogP contribution is 2.21. The van der Waals surface area contributed by atoms with Gasteiger partial charge in [-0.2, -0.15) is 0 Å². The van der Waals surface area contributed by atoms with Gasteiger partial charge in [0.1, 0.15) is 10.6 Å². The molecule has 0 spiro atoms. The van der Waals surface area contributed by atoms with E-state index in [1.54, 1.807) is 6.07 Å². The fourth-order valence-electron chi connectivity index (χ4n) is 1.72. The molecule has 0 aliphatic heterocycles. The molecule has 0 aliphatic carbocycles. The van der Waals surface area contributed by atoms with Crippen LogP contribution in [0.3, 0.4) is 0 Å². The summed E-state index contributed by atoms with van der Waals surface area (Å²) in [6.07, 6.45) is 0. The van der Waals surface area contributed by atoms with Crippen molar-refractivity contribution in [2.24, 2.45) is 0 Å². The van der Waals surface area contributed by atoms with Crippen LogP contribution in [0.5, 0.6) is 5.75 Å². The summed E-state index contributed by atoms with van der Waals surface area (Å²) in [7, 11) is -2.76. The molecule has 0 saturated carbocycles. The molecule has 0 bridgehead atoms. The molecule has 7 heteroatoms. The molecule has 21 heavy (non-hydrogen) atoms. The molecule has 0 heterocycles. The quantitative estimate of drug-likeness (QED) is 0.665. The van der Waals surface area contributed by atoms with Crippen molar-refractivity contribution in [3.8, 4) is 5.75 Å². The van der Waals surface area contributed by atoms with E-state index in [4.69, 9.17) is 0 Å². The van der Waals surface area contributed by atoms with Crippen molar-refractivity contribution in [2.75, 3.05) is 11.8 Å². The van der Waals surface area contributed by atoms with Crippen molar-refractivity contribution >= 4 is 21.7 Å². The predicted molar refractivity (Wildman–Crippen MR) is 76.7 cm³/mol. The number of anilines is 1. The average molecular weight is 307 g/mol. The van der Waals surface area contributed by atoms with Gasteiger partial charge in [-0.1, -0.05) is 12.1 Å². The third-order valence-electron chi connectivity index (χ3n) is 2.70. The normalized spacial score (nSPS) is 10.9. The lowest BCUT2D eigenvalue weighted by Crippen LogP contribution is -2.17. The largest absolute Gasteiger partial charge is 0.508 e. The highest BCUT2D eigenvalue weighted by atomic mass is 32.2. The zero-order valence-corrected chi connectivity index (χ0v) is 11.9. The molecule has 0 aliphatic rings. The van der Waals surface area contributed by atoms with E-state index < -0.39 is 16.0 Å². The maximum Gasteiger partial charge on any atom is 0.339 e. The van der Waals surface area contributed by atoms with Gasteiger partial charge in [0.25, 0.3) is 10.0 Å². The van der Waals surface area contributed by atoms with E-state index in [0.29, 0.717) is 0 Å². The number of methoxy groups -OCH3 is 1. The molecular formula is C14H13NO5S. The number of hydrogen-bond acceptors (Lipinski definition) is 5. The van der Waals surface area contributed by atoms with Gasteiger partial charge < -0.3 is 9.84 Å². The predicted octanol–water partition coefficient (Wildman–Crippen LogP) is 1.98. The number of carbonyl (C=O) groups is 1. The maximum absolute atomic E-state index is 12.3. The van der Waals surface area contributed by atoms with Crippen molar-refractivity contribution in [1.29, 1.82) is 0 Å². The molecule has 0 fully saturated rings. The van der Waals surface area contributed by atoms with Gasteiger partial charge in [0, 0.05) is 5.69 Å². The molecule has 0 atom stereocenters. The SMILES string of the molecule is COC(=O)c1ccccc1S(=O)(=O)Nc1ccc(O)cc1. The van der Waals surface area contributed by atoms with E-state index in [1.807, 2.05) is 0 Å². The second-order valence-corrected chi connectivity index (χ2v) is 5.79. The fraction of sp³-hybridized carbons (Fsp3) is 0.0714. The summed E-state index contributed by atoms with van der Waals surface area (Å²) in [5.41, 5.74) is 0.221. The fourth-order valence-corrected chi connectivity index (χ4v) is 2.97. The summed E-state index contributed by atoms with van der Waals surface area (Å²) in [5.74, 6) is -0.713.